The Kier molecular flexibility index (Phi) is 5.81. The first-order chi connectivity index (χ1) is 7.59. The molecule has 1 atom stereocenters. The molecule has 0 saturated heterocycles. The van der Waals surface area contributed by atoms with Crippen LogP contribution in [0.1, 0.15) is 46.5 Å². The fraction of sp³-hybridized carbons (Fsp3) is 0.923. The average Bonchev–Trinajstić information content (AvgIpc) is 2.70. The van der Waals surface area contributed by atoms with Crippen LogP contribution in [0.25, 0.3) is 0 Å². The van der Waals surface area contributed by atoms with Crippen molar-refractivity contribution >= 4 is 5.91 Å². The number of carbonyl (C=O) groups excluding carboxylic acids is 1. The van der Waals surface area contributed by atoms with Crippen LogP contribution in [-0.2, 0) is 4.79 Å². The van der Waals surface area contributed by atoms with Gasteiger partial charge in [-0.15, -0.1) is 0 Å². The third kappa shape index (κ3) is 4.97. The molecule has 0 heterocycles. The zero-order valence-electron chi connectivity index (χ0n) is 10.9. The van der Waals surface area contributed by atoms with Gasteiger partial charge in [-0.1, -0.05) is 33.6 Å². The number of carbonyl (C=O) groups is 1. The normalized spacial score (nSPS) is 19.0. The van der Waals surface area contributed by atoms with Gasteiger partial charge < -0.3 is 10.6 Å². The third-order valence-electron chi connectivity index (χ3n) is 3.61. The van der Waals surface area contributed by atoms with Crippen LogP contribution in [-0.4, -0.2) is 25.0 Å². The zero-order valence-corrected chi connectivity index (χ0v) is 10.9. The van der Waals surface area contributed by atoms with E-state index in [4.69, 9.17) is 0 Å². The SMILES string of the molecule is CC(C)C(C)CNCC(=O)NC1CCCC1. The molecule has 1 fully saturated rings. The summed E-state index contributed by atoms with van der Waals surface area (Å²) < 4.78 is 0. The van der Waals surface area contributed by atoms with Gasteiger partial charge in [0.2, 0.25) is 5.91 Å². The second-order valence-corrected chi connectivity index (χ2v) is 5.40. The summed E-state index contributed by atoms with van der Waals surface area (Å²) in [7, 11) is 0. The molecule has 1 rings (SSSR count). The summed E-state index contributed by atoms with van der Waals surface area (Å²) in [5.74, 6) is 1.45. The van der Waals surface area contributed by atoms with E-state index in [1.165, 1.54) is 12.8 Å². The molecule has 16 heavy (non-hydrogen) atoms. The Bertz CT molecular complexity index is 210. The minimum Gasteiger partial charge on any atom is -0.352 e. The minimum absolute atomic E-state index is 0.155. The monoisotopic (exact) mass is 226 g/mol. The molecule has 0 bridgehead atoms. The number of amides is 1. The first-order valence-corrected chi connectivity index (χ1v) is 6.59. The lowest BCUT2D eigenvalue weighted by Crippen LogP contribution is -2.40. The van der Waals surface area contributed by atoms with Crippen LogP contribution in [0, 0.1) is 11.8 Å². The van der Waals surface area contributed by atoms with Crippen molar-refractivity contribution in [3.63, 3.8) is 0 Å². The van der Waals surface area contributed by atoms with Gasteiger partial charge in [-0.2, -0.15) is 0 Å². The van der Waals surface area contributed by atoms with E-state index in [-0.39, 0.29) is 5.91 Å². The van der Waals surface area contributed by atoms with Crippen LogP contribution >= 0.6 is 0 Å². The highest BCUT2D eigenvalue weighted by Crippen LogP contribution is 2.17. The van der Waals surface area contributed by atoms with Crippen LogP contribution in [0.4, 0.5) is 0 Å². The molecular weight excluding hydrogens is 200 g/mol. The number of hydrogen-bond donors (Lipinski definition) is 2. The fourth-order valence-corrected chi connectivity index (χ4v) is 2.00. The van der Waals surface area contributed by atoms with Gasteiger partial charge >= 0.3 is 0 Å². The third-order valence-corrected chi connectivity index (χ3v) is 3.61. The Balaban J connectivity index is 2.05. The predicted octanol–water partition coefficient (Wildman–Crippen LogP) is 1.93. The molecule has 0 spiro atoms. The molecule has 2 N–H and O–H groups in total. The standard InChI is InChI=1S/C13H26N2O/c1-10(2)11(3)8-14-9-13(16)15-12-6-4-5-7-12/h10-12,14H,4-9H2,1-3H3,(H,15,16). The molecule has 1 saturated carbocycles. The highest BCUT2D eigenvalue weighted by molar-refractivity contribution is 5.78. The summed E-state index contributed by atoms with van der Waals surface area (Å²) in [5.41, 5.74) is 0. The van der Waals surface area contributed by atoms with E-state index in [0.29, 0.717) is 24.4 Å². The van der Waals surface area contributed by atoms with Crippen LogP contribution in [0.5, 0.6) is 0 Å². The molecular formula is C13H26N2O. The van der Waals surface area contributed by atoms with E-state index in [2.05, 4.69) is 31.4 Å². The van der Waals surface area contributed by atoms with Crippen LogP contribution in [0.2, 0.25) is 0 Å². The predicted molar refractivity (Wildman–Crippen MR) is 67.3 cm³/mol. The Labute approximate surface area is 99.4 Å². The Hall–Kier alpha value is -0.570. The van der Waals surface area contributed by atoms with Crippen molar-refractivity contribution in [1.82, 2.24) is 10.6 Å². The van der Waals surface area contributed by atoms with Gasteiger partial charge in [-0.3, -0.25) is 4.79 Å². The topological polar surface area (TPSA) is 41.1 Å². The molecule has 94 valence electrons. The minimum atomic E-state index is 0.155. The smallest absolute Gasteiger partial charge is 0.234 e. The van der Waals surface area contributed by atoms with Gasteiger partial charge in [0.25, 0.3) is 0 Å². The van der Waals surface area contributed by atoms with Crippen molar-refractivity contribution in [2.75, 3.05) is 13.1 Å². The van der Waals surface area contributed by atoms with Gasteiger partial charge in [0, 0.05) is 6.04 Å². The summed E-state index contributed by atoms with van der Waals surface area (Å²) in [6.07, 6.45) is 4.85. The van der Waals surface area contributed by atoms with E-state index < -0.39 is 0 Å². The van der Waals surface area contributed by atoms with E-state index in [1.54, 1.807) is 0 Å². The lowest BCUT2D eigenvalue weighted by molar-refractivity contribution is -0.120. The summed E-state index contributed by atoms with van der Waals surface area (Å²) in [4.78, 5) is 11.6. The Morgan fingerprint density at radius 3 is 2.44 bits per heavy atom. The van der Waals surface area contributed by atoms with Crippen LogP contribution < -0.4 is 10.6 Å². The van der Waals surface area contributed by atoms with Gasteiger partial charge in [0.1, 0.15) is 0 Å². The van der Waals surface area contributed by atoms with Crippen molar-refractivity contribution in [2.45, 2.75) is 52.5 Å². The molecule has 3 heteroatoms. The molecule has 1 amide bonds. The maximum Gasteiger partial charge on any atom is 0.234 e. The van der Waals surface area contributed by atoms with Crippen molar-refractivity contribution in [3.8, 4) is 0 Å². The zero-order chi connectivity index (χ0) is 12.0. The number of nitrogens with one attached hydrogen (secondary N) is 2. The Morgan fingerprint density at radius 2 is 1.88 bits per heavy atom. The van der Waals surface area contributed by atoms with E-state index in [1.807, 2.05) is 0 Å². The summed E-state index contributed by atoms with van der Waals surface area (Å²) >= 11 is 0. The second-order valence-electron chi connectivity index (χ2n) is 5.40. The van der Waals surface area contributed by atoms with E-state index in [9.17, 15) is 4.79 Å². The van der Waals surface area contributed by atoms with Crippen molar-refractivity contribution in [2.24, 2.45) is 11.8 Å². The summed E-state index contributed by atoms with van der Waals surface area (Å²) in [5, 5.41) is 6.31. The summed E-state index contributed by atoms with van der Waals surface area (Å²) in [6.45, 7) is 8.03. The van der Waals surface area contributed by atoms with E-state index >= 15 is 0 Å². The first-order valence-electron chi connectivity index (χ1n) is 6.59. The van der Waals surface area contributed by atoms with Crippen LogP contribution in [0.15, 0.2) is 0 Å². The van der Waals surface area contributed by atoms with Crippen molar-refractivity contribution in [3.05, 3.63) is 0 Å². The maximum absolute atomic E-state index is 11.6. The maximum atomic E-state index is 11.6. The van der Waals surface area contributed by atoms with Gasteiger partial charge in [0.15, 0.2) is 0 Å². The molecule has 0 aromatic rings. The quantitative estimate of drug-likeness (QED) is 0.726. The molecule has 0 aliphatic heterocycles. The molecule has 0 radical (unpaired) electrons. The lowest BCUT2D eigenvalue weighted by Gasteiger charge is -2.17. The molecule has 3 nitrogen and oxygen atoms in total. The van der Waals surface area contributed by atoms with Crippen molar-refractivity contribution in [1.29, 1.82) is 0 Å². The number of rotatable bonds is 6. The molecule has 0 aromatic heterocycles. The highest BCUT2D eigenvalue weighted by atomic mass is 16.1. The van der Waals surface area contributed by atoms with E-state index in [0.717, 1.165) is 19.4 Å². The largest absolute Gasteiger partial charge is 0.352 e. The fourth-order valence-electron chi connectivity index (χ4n) is 2.00. The Morgan fingerprint density at radius 1 is 1.25 bits per heavy atom. The number of hydrogen-bond acceptors (Lipinski definition) is 2. The summed E-state index contributed by atoms with van der Waals surface area (Å²) in [6, 6.07) is 0.442. The van der Waals surface area contributed by atoms with Crippen molar-refractivity contribution < 1.29 is 4.79 Å². The molecule has 1 aliphatic rings. The lowest BCUT2D eigenvalue weighted by atomic mass is 9.98. The molecule has 1 unspecified atom stereocenters. The van der Waals surface area contributed by atoms with Crippen LogP contribution in [0.3, 0.4) is 0 Å². The molecule has 0 aromatic carbocycles. The second kappa shape index (κ2) is 6.89. The van der Waals surface area contributed by atoms with Gasteiger partial charge in [0.05, 0.1) is 6.54 Å². The molecule has 1 aliphatic carbocycles. The van der Waals surface area contributed by atoms with Gasteiger partial charge in [-0.05, 0) is 31.2 Å². The van der Waals surface area contributed by atoms with Gasteiger partial charge in [-0.25, -0.2) is 0 Å². The highest BCUT2D eigenvalue weighted by Gasteiger charge is 2.16. The average molecular weight is 226 g/mol. The first kappa shape index (κ1) is 13.5.